The van der Waals surface area contributed by atoms with Crippen LogP contribution in [0.4, 0.5) is 0 Å². The van der Waals surface area contributed by atoms with Crippen LogP contribution in [0.15, 0.2) is 42.6 Å². The zero-order chi connectivity index (χ0) is 19.0. The molecule has 4 heteroatoms. The number of aromatic nitrogens is 3. The number of benzene rings is 2. The van der Waals surface area contributed by atoms with Gasteiger partial charge in [0.15, 0.2) is 0 Å². The van der Waals surface area contributed by atoms with Crippen LogP contribution in [-0.4, -0.2) is 14.5 Å². The van der Waals surface area contributed by atoms with Crippen molar-refractivity contribution in [1.82, 2.24) is 14.5 Å². The number of nitriles is 1. The summed E-state index contributed by atoms with van der Waals surface area (Å²) in [6, 6.07) is 14.8. The zero-order valence-corrected chi connectivity index (χ0v) is 15.9. The summed E-state index contributed by atoms with van der Waals surface area (Å²) in [7, 11) is 0. The molecule has 0 radical (unpaired) electrons. The van der Waals surface area contributed by atoms with E-state index < -0.39 is 0 Å². The number of hydrogen-bond acceptors (Lipinski definition) is 2. The molecule has 4 aromatic rings. The van der Waals surface area contributed by atoms with E-state index >= 15 is 0 Å². The third kappa shape index (κ3) is 3.02. The summed E-state index contributed by atoms with van der Waals surface area (Å²) in [5, 5.41) is 10.9. The molecule has 0 aliphatic rings. The Hall–Kier alpha value is -3.32. The van der Waals surface area contributed by atoms with Crippen LogP contribution in [-0.2, 0) is 6.54 Å². The molecule has 27 heavy (non-hydrogen) atoms. The molecule has 2 aromatic carbocycles. The van der Waals surface area contributed by atoms with Crippen LogP contribution in [0.2, 0.25) is 0 Å². The number of nitrogens with zero attached hydrogens (tertiary/aromatic N) is 3. The molecule has 2 aromatic heterocycles. The van der Waals surface area contributed by atoms with Crippen molar-refractivity contribution in [3.63, 3.8) is 0 Å². The second-order valence-corrected chi connectivity index (χ2v) is 7.00. The molecular formula is C23H22N4. The van der Waals surface area contributed by atoms with Gasteiger partial charge in [0.05, 0.1) is 16.6 Å². The van der Waals surface area contributed by atoms with Crippen LogP contribution < -0.4 is 0 Å². The maximum Gasteiger partial charge on any atom is 0.149 e. The van der Waals surface area contributed by atoms with Crippen molar-refractivity contribution in [2.45, 2.75) is 33.7 Å². The summed E-state index contributed by atoms with van der Waals surface area (Å²) in [5.74, 6) is 0.616. The minimum Gasteiger partial charge on any atom is -0.347 e. The minimum absolute atomic E-state index is 0.543. The molecule has 0 saturated carbocycles. The predicted octanol–water partition coefficient (Wildman–Crippen LogP) is 5.61. The van der Waals surface area contributed by atoms with E-state index in [9.17, 15) is 5.26 Å². The molecule has 0 bridgehead atoms. The summed E-state index contributed by atoms with van der Waals surface area (Å²) in [4.78, 5) is 7.96. The summed E-state index contributed by atoms with van der Waals surface area (Å²) in [6.07, 6.45) is 5.13. The SMILES string of the molecule is CCCn1cc(/C=C(/C#N)c2nc3cc(C)c(C)cc3[nH]2)c2ccccc21. The second-order valence-electron chi connectivity index (χ2n) is 7.00. The van der Waals surface area contributed by atoms with Gasteiger partial charge in [0.1, 0.15) is 11.9 Å². The van der Waals surface area contributed by atoms with Gasteiger partial charge in [-0.3, -0.25) is 0 Å². The zero-order valence-electron chi connectivity index (χ0n) is 15.9. The third-order valence-corrected chi connectivity index (χ3v) is 5.06. The lowest BCUT2D eigenvalue weighted by molar-refractivity contribution is 0.703. The van der Waals surface area contributed by atoms with Crippen molar-refractivity contribution in [3.8, 4) is 6.07 Å². The average Bonchev–Trinajstić information content (AvgIpc) is 3.22. The summed E-state index contributed by atoms with van der Waals surface area (Å²) in [5.41, 5.74) is 7.04. The molecule has 1 N–H and O–H groups in total. The van der Waals surface area contributed by atoms with Crippen molar-refractivity contribution < 1.29 is 0 Å². The summed E-state index contributed by atoms with van der Waals surface area (Å²) in [6.45, 7) is 7.29. The molecule has 0 amide bonds. The fourth-order valence-corrected chi connectivity index (χ4v) is 3.52. The van der Waals surface area contributed by atoms with Crippen molar-refractivity contribution in [3.05, 3.63) is 65.1 Å². The first-order valence-electron chi connectivity index (χ1n) is 9.27. The quantitative estimate of drug-likeness (QED) is 0.484. The van der Waals surface area contributed by atoms with E-state index in [4.69, 9.17) is 0 Å². The van der Waals surface area contributed by atoms with Gasteiger partial charge in [-0.2, -0.15) is 5.26 Å². The normalized spacial score (nSPS) is 12.0. The number of rotatable bonds is 4. The molecule has 0 spiro atoms. The fourth-order valence-electron chi connectivity index (χ4n) is 3.52. The highest BCUT2D eigenvalue weighted by atomic mass is 15.0. The van der Waals surface area contributed by atoms with Gasteiger partial charge in [-0.25, -0.2) is 4.98 Å². The molecule has 2 heterocycles. The average molecular weight is 354 g/mol. The lowest BCUT2D eigenvalue weighted by atomic mass is 10.1. The molecule has 0 aliphatic heterocycles. The number of imidazole rings is 1. The number of nitrogens with one attached hydrogen (secondary N) is 1. The topological polar surface area (TPSA) is 57.4 Å². The molecular weight excluding hydrogens is 332 g/mol. The van der Waals surface area contributed by atoms with Gasteiger partial charge < -0.3 is 9.55 Å². The number of para-hydroxylation sites is 1. The van der Waals surface area contributed by atoms with E-state index in [-0.39, 0.29) is 0 Å². The van der Waals surface area contributed by atoms with Gasteiger partial charge in [-0.05, 0) is 55.7 Å². The van der Waals surface area contributed by atoms with Crippen LogP contribution in [0, 0.1) is 25.2 Å². The molecule has 0 unspecified atom stereocenters. The van der Waals surface area contributed by atoms with Gasteiger partial charge in [0.2, 0.25) is 0 Å². The van der Waals surface area contributed by atoms with Gasteiger partial charge in [0, 0.05) is 29.2 Å². The Bertz CT molecular complexity index is 1180. The maximum atomic E-state index is 9.77. The van der Waals surface area contributed by atoms with Gasteiger partial charge in [-0.15, -0.1) is 0 Å². The van der Waals surface area contributed by atoms with Crippen molar-refractivity contribution in [2.24, 2.45) is 0 Å². The van der Waals surface area contributed by atoms with E-state index in [0.717, 1.165) is 34.9 Å². The highest BCUT2D eigenvalue weighted by Crippen LogP contribution is 2.27. The van der Waals surface area contributed by atoms with Crippen LogP contribution in [0.5, 0.6) is 0 Å². The number of aromatic amines is 1. The smallest absolute Gasteiger partial charge is 0.149 e. The number of hydrogen-bond donors (Lipinski definition) is 1. The highest BCUT2D eigenvalue weighted by Gasteiger charge is 2.12. The lowest BCUT2D eigenvalue weighted by Crippen LogP contribution is -1.93. The minimum atomic E-state index is 0.543. The first-order chi connectivity index (χ1) is 13.1. The van der Waals surface area contributed by atoms with Gasteiger partial charge >= 0.3 is 0 Å². The van der Waals surface area contributed by atoms with E-state index in [2.05, 4.69) is 77.9 Å². The Morgan fingerprint density at radius 1 is 1.22 bits per heavy atom. The lowest BCUT2D eigenvalue weighted by Gasteiger charge is -2.01. The Morgan fingerprint density at radius 2 is 2.00 bits per heavy atom. The van der Waals surface area contributed by atoms with E-state index in [0.29, 0.717) is 11.4 Å². The van der Waals surface area contributed by atoms with Crippen LogP contribution in [0.3, 0.4) is 0 Å². The second kappa shape index (κ2) is 6.77. The predicted molar refractivity (Wildman–Crippen MR) is 111 cm³/mol. The standard InChI is InChI=1S/C23H22N4/c1-4-9-27-14-18(19-7-5-6-8-22(19)27)12-17(13-24)23-25-20-10-15(2)16(3)11-21(20)26-23/h5-8,10-12,14H,4,9H2,1-3H3,(H,25,26)/b17-12-. The van der Waals surface area contributed by atoms with E-state index in [1.807, 2.05) is 12.1 Å². The molecule has 4 nitrogen and oxygen atoms in total. The summed E-state index contributed by atoms with van der Waals surface area (Å²) < 4.78 is 2.25. The number of aryl methyl sites for hydroxylation is 3. The molecule has 0 atom stereocenters. The largest absolute Gasteiger partial charge is 0.347 e. The molecule has 0 aliphatic carbocycles. The van der Waals surface area contributed by atoms with Crippen molar-refractivity contribution >= 4 is 33.6 Å². The Morgan fingerprint density at radius 3 is 2.78 bits per heavy atom. The van der Waals surface area contributed by atoms with Gasteiger partial charge in [-0.1, -0.05) is 25.1 Å². The Balaban J connectivity index is 1.85. The number of H-pyrrole nitrogens is 1. The highest BCUT2D eigenvalue weighted by molar-refractivity contribution is 5.98. The van der Waals surface area contributed by atoms with Crippen LogP contribution >= 0.6 is 0 Å². The van der Waals surface area contributed by atoms with Crippen LogP contribution in [0.1, 0.15) is 35.9 Å². The fraction of sp³-hybridized carbons (Fsp3) is 0.217. The van der Waals surface area contributed by atoms with Crippen molar-refractivity contribution in [1.29, 1.82) is 5.26 Å². The van der Waals surface area contributed by atoms with Crippen molar-refractivity contribution in [2.75, 3.05) is 0 Å². The maximum absolute atomic E-state index is 9.77. The molecule has 134 valence electrons. The molecule has 4 rings (SSSR count). The van der Waals surface area contributed by atoms with Gasteiger partial charge in [0.25, 0.3) is 0 Å². The Labute approximate surface area is 158 Å². The number of allylic oxidation sites excluding steroid dienone is 1. The monoisotopic (exact) mass is 354 g/mol. The van der Waals surface area contributed by atoms with Crippen LogP contribution in [0.25, 0.3) is 33.6 Å². The first kappa shape index (κ1) is 17.1. The molecule has 0 fully saturated rings. The third-order valence-electron chi connectivity index (χ3n) is 5.06. The Kier molecular flexibility index (Phi) is 4.29. The number of fused-ring (bicyclic) bond motifs is 2. The first-order valence-corrected chi connectivity index (χ1v) is 9.27. The molecule has 0 saturated heterocycles. The summed E-state index contributed by atoms with van der Waals surface area (Å²) >= 11 is 0. The van der Waals surface area contributed by atoms with E-state index in [1.54, 1.807) is 0 Å². The van der Waals surface area contributed by atoms with E-state index in [1.165, 1.54) is 16.6 Å².